The van der Waals surface area contributed by atoms with E-state index in [-0.39, 0.29) is 18.3 Å². The van der Waals surface area contributed by atoms with Gasteiger partial charge in [-0.15, -0.1) is 0 Å². The number of primary amides is 1. The van der Waals surface area contributed by atoms with E-state index in [1.54, 1.807) is 0 Å². The van der Waals surface area contributed by atoms with Crippen LogP contribution < -0.4 is 10.5 Å². The van der Waals surface area contributed by atoms with Crippen LogP contribution in [0, 0.1) is 5.92 Å². The van der Waals surface area contributed by atoms with Crippen molar-refractivity contribution in [2.75, 3.05) is 0 Å². The van der Waals surface area contributed by atoms with Gasteiger partial charge in [0, 0.05) is 11.2 Å². The number of hydrogen-bond acceptors (Lipinski definition) is 4. The van der Waals surface area contributed by atoms with Crippen LogP contribution in [0.5, 0.6) is 6.01 Å². The Morgan fingerprint density at radius 3 is 2.32 bits per heavy atom. The van der Waals surface area contributed by atoms with E-state index in [1.165, 1.54) is 6.92 Å². The summed E-state index contributed by atoms with van der Waals surface area (Å²) in [7, 11) is 0. The Labute approximate surface area is 201 Å². The van der Waals surface area contributed by atoms with Crippen LogP contribution in [0.4, 0.5) is 13.2 Å². The zero-order chi connectivity index (χ0) is 24.9. The van der Waals surface area contributed by atoms with E-state index in [2.05, 4.69) is 9.97 Å². The fraction of sp³-hybridized carbons (Fsp3) is 0.320. The second kappa shape index (κ2) is 10.4. The van der Waals surface area contributed by atoms with Gasteiger partial charge in [-0.25, -0.2) is 4.98 Å². The van der Waals surface area contributed by atoms with Crippen LogP contribution in [0.3, 0.4) is 0 Å². The molecule has 1 heterocycles. The first-order valence-corrected chi connectivity index (χ1v) is 11.0. The molecule has 0 aliphatic heterocycles. The number of benzene rings is 2. The molecule has 9 heteroatoms. The molecule has 0 radical (unpaired) electrons. The van der Waals surface area contributed by atoms with Crippen LogP contribution in [-0.2, 0) is 17.4 Å². The van der Waals surface area contributed by atoms with Crippen LogP contribution >= 0.6 is 11.6 Å². The summed E-state index contributed by atoms with van der Waals surface area (Å²) >= 11 is 6.02. The van der Waals surface area contributed by atoms with Crippen molar-refractivity contribution in [2.45, 2.75) is 44.4 Å². The number of rotatable bonds is 9. The molecule has 0 saturated carbocycles. The van der Waals surface area contributed by atoms with Crippen molar-refractivity contribution in [3.8, 4) is 6.01 Å². The van der Waals surface area contributed by atoms with Crippen molar-refractivity contribution in [3.63, 3.8) is 0 Å². The van der Waals surface area contributed by atoms with Gasteiger partial charge in [-0.05, 0) is 60.9 Å². The minimum absolute atomic E-state index is 0.0351. The third-order valence-electron chi connectivity index (χ3n) is 5.76. The summed E-state index contributed by atoms with van der Waals surface area (Å²) in [5, 5.41) is 0.629. The first-order chi connectivity index (χ1) is 16.0. The number of nitrogens with zero attached hydrogens (tertiary/aromatic N) is 2. The van der Waals surface area contributed by atoms with Gasteiger partial charge >= 0.3 is 12.2 Å². The van der Waals surface area contributed by atoms with Gasteiger partial charge in [0.25, 0.3) is 5.91 Å². The lowest BCUT2D eigenvalue weighted by atomic mass is 9.77. The lowest BCUT2D eigenvalue weighted by Crippen LogP contribution is -2.48. The molecule has 3 unspecified atom stereocenters. The number of aromatic nitrogens is 2. The van der Waals surface area contributed by atoms with Gasteiger partial charge in [-0.1, -0.05) is 61.0 Å². The summed E-state index contributed by atoms with van der Waals surface area (Å²) in [5.74, 6) is -1.01. The Hall–Kier alpha value is -3.13. The van der Waals surface area contributed by atoms with E-state index in [1.807, 2.05) is 61.5 Å². The number of carbonyl (C=O) groups excluding carboxylic acids is 1. The quantitative estimate of drug-likeness (QED) is 0.409. The molecular formula is C25H25ClF3N3O2. The fourth-order valence-corrected chi connectivity index (χ4v) is 4.05. The Morgan fingerprint density at radius 2 is 1.74 bits per heavy atom. The van der Waals surface area contributed by atoms with E-state index in [0.717, 1.165) is 23.4 Å². The third-order valence-corrected chi connectivity index (χ3v) is 6.01. The molecule has 3 rings (SSSR count). The number of alkyl halides is 3. The molecule has 0 fully saturated rings. The number of ether oxygens (including phenoxy) is 1. The van der Waals surface area contributed by atoms with Crippen molar-refractivity contribution in [3.05, 3.63) is 88.7 Å². The smallest absolute Gasteiger partial charge is 0.433 e. The van der Waals surface area contributed by atoms with Crippen molar-refractivity contribution >= 4 is 17.5 Å². The molecule has 0 bridgehead atoms. The van der Waals surface area contributed by atoms with Gasteiger partial charge < -0.3 is 10.5 Å². The SMILES string of the molecule is CC(CC(C)(Oc1nccc(C(F)(F)F)n1)C(N)=O)C(Cc1ccc(Cl)cc1)c1ccccc1. The molecule has 1 aromatic heterocycles. The van der Waals surface area contributed by atoms with Gasteiger partial charge in [0.05, 0.1) is 0 Å². The van der Waals surface area contributed by atoms with Crippen molar-refractivity contribution in [1.82, 2.24) is 9.97 Å². The number of amides is 1. The monoisotopic (exact) mass is 491 g/mol. The average Bonchev–Trinajstić information content (AvgIpc) is 2.78. The molecule has 0 aliphatic rings. The van der Waals surface area contributed by atoms with E-state index in [0.29, 0.717) is 11.4 Å². The van der Waals surface area contributed by atoms with Crippen molar-refractivity contribution in [2.24, 2.45) is 11.7 Å². The predicted octanol–water partition coefficient (Wildman–Crippen LogP) is 5.82. The normalized spacial score (nSPS) is 15.2. The second-order valence-electron chi connectivity index (χ2n) is 8.45. The molecule has 0 aliphatic carbocycles. The summed E-state index contributed by atoms with van der Waals surface area (Å²) in [5.41, 5.74) is 4.95. The Kier molecular flexibility index (Phi) is 7.82. The summed E-state index contributed by atoms with van der Waals surface area (Å²) < 4.78 is 44.8. The van der Waals surface area contributed by atoms with Gasteiger partial charge in [0.2, 0.25) is 0 Å². The summed E-state index contributed by atoms with van der Waals surface area (Å²) in [6.07, 6.45) is -2.95. The maximum absolute atomic E-state index is 13.0. The molecule has 0 saturated heterocycles. The van der Waals surface area contributed by atoms with Crippen molar-refractivity contribution in [1.29, 1.82) is 0 Å². The summed E-state index contributed by atoms with van der Waals surface area (Å²) in [6.45, 7) is 3.39. The molecule has 2 N–H and O–H groups in total. The standard InChI is InChI=1S/C25H25ClF3N3O2/c1-16(20(18-6-4-3-5-7-18)14-17-8-10-19(26)11-9-17)15-24(2,22(30)33)34-23-31-13-12-21(32-23)25(27,28)29/h3-13,16,20H,14-15H2,1-2H3,(H2,30,33). The van der Waals surface area contributed by atoms with E-state index in [9.17, 15) is 18.0 Å². The predicted molar refractivity (Wildman–Crippen MR) is 123 cm³/mol. The van der Waals surface area contributed by atoms with Crippen molar-refractivity contribution < 1.29 is 22.7 Å². The highest BCUT2D eigenvalue weighted by Gasteiger charge is 2.39. The fourth-order valence-electron chi connectivity index (χ4n) is 3.92. The lowest BCUT2D eigenvalue weighted by molar-refractivity contribution is -0.142. The van der Waals surface area contributed by atoms with E-state index in [4.69, 9.17) is 22.1 Å². The Morgan fingerprint density at radius 1 is 1.09 bits per heavy atom. The minimum atomic E-state index is -4.67. The molecule has 2 aromatic carbocycles. The van der Waals surface area contributed by atoms with Gasteiger partial charge in [0.1, 0.15) is 0 Å². The first-order valence-electron chi connectivity index (χ1n) is 10.7. The molecule has 34 heavy (non-hydrogen) atoms. The number of hydrogen-bond donors (Lipinski definition) is 1. The lowest BCUT2D eigenvalue weighted by Gasteiger charge is -2.33. The zero-order valence-electron chi connectivity index (χ0n) is 18.7. The van der Waals surface area contributed by atoms with Crippen LogP contribution in [0.2, 0.25) is 5.02 Å². The number of nitrogens with two attached hydrogens (primary N) is 1. The Bertz CT molecular complexity index is 1110. The Balaban J connectivity index is 1.88. The van der Waals surface area contributed by atoms with Crippen LogP contribution in [0.25, 0.3) is 0 Å². The largest absolute Gasteiger partial charge is 0.447 e. The highest BCUT2D eigenvalue weighted by Crippen LogP contribution is 2.36. The molecule has 0 spiro atoms. The average molecular weight is 492 g/mol. The summed E-state index contributed by atoms with van der Waals surface area (Å²) in [4.78, 5) is 19.6. The first kappa shape index (κ1) is 25.5. The summed E-state index contributed by atoms with van der Waals surface area (Å²) in [6, 6.07) is 17.4. The zero-order valence-corrected chi connectivity index (χ0v) is 19.5. The highest BCUT2D eigenvalue weighted by atomic mass is 35.5. The van der Waals surface area contributed by atoms with E-state index >= 15 is 0 Å². The topological polar surface area (TPSA) is 78.1 Å². The van der Waals surface area contributed by atoms with Gasteiger partial charge in [-0.2, -0.15) is 18.2 Å². The highest BCUT2D eigenvalue weighted by molar-refractivity contribution is 6.30. The molecule has 1 amide bonds. The maximum Gasteiger partial charge on any atom is 0.433 e. The molecule has 3 atom stereocenters. The minimum Gasteiger partial charge on any atom is -0.447 e. The molecule has 3 aromatic rings. The molecule has 180 valence electrons. The van der Waals surface area contributed by atoms with Gasteiger partial charge in [0.15, 0.2) is 11.3 Å². The number of halogens is 4. The van der Waals surface area contributed by atoms with E-state index < -0.39 is 29.4 Å². The van der Waals surface area contributed by atoms with Crippen LogP contribution in [0.1, 0.15) is 43.0 Å². The van der Waals surface area contributed by atoms with Crippen LogP contribution in [0.15, 0.2) is 66.9 Å². The maximum atomic E-state index is 13.0. The number of carbonyl (C=O) groups is 1. The molecular weight excluding hydrogens is 467 g/mol. The van der Waals surface area contributed by atoms with Crippen LogP contribution in [-0.4, -0.2) is 21.5 Å². The third kappa shape index (κ3) is 6.47. The second-order valence-corrected chi connectivity index (χ2v) is 8.88. The molecule has 5 nitrogen and oxygen atoms in total. The van der Waals surface area contributed by atoms with Gasteiger partial charge in [-0.3, -0.25) is 4.79 Å².